The molecule has 0 amide bonds. The van der Waals surface area contributed by atoms with Crippen LogP contribution in [0.15, 0.2) is 36.4 Å². The topological polar surface area (TPSA) is 47.6 Å². The molecule has 2 nitrogen and oxygen atoms in total. The summed E-state index contributed by atoms with van der Waals surface area (Å²) in [6.07, 6.45) is 6.28. The smallest absolute Gasteiger partial charge is 0.0991 e. The Balaban J connectivity index is 0.000000156. The van der Waals surface area contributed by atoms with Crippen molar-refractivity contribution >= 4 is 0 Å². The molecule has 27 heavy (non-hydrogen) atoms. The standard InChI is InChI=1S/C13H15N.C12H13N/c1-9(2)13-7-10(8-14)3-6-12(13)11-4-5-11;1-2-9-5-10(8-13)7-12(6-9)11-3-4-11/h3,6-7,9,11H,4-5H2,1-2H3;5-7,11H,2-4H2,1H3. The first kappa shape index (κ1) is 19.2. The lowest BCUT2D eigenvalue weighted by Crippen LogP contribution is -1.95. The van der Waals surface area contributed by atoms with Gasteiger partial charge >= 0.3 is 0 Å². The zero-order valence-corrected chi connectivity index (χ0v) is 16.6. The van der Waals surface area contributed by atoms with Crippen LogP contribution in [0.5, 0.6) is 0 Å². The van der Waals surface area contributed by atoms with Gasteiger partial charge < -0.3 is 0 Å². The summed E-state index contributed by atoms with van der Waals surface area (Å²) in [5, 5.41) is 17.7. The maximum absolute atomic E-state index is 8.84. The minimum atomic E-state index is 0.527. The van der Waals surface area contributed by atoms with E-state index in [2.05, 4.69) is 51.1 Å². The highest BCUT2D eigenvalue weighted by molar-refractivity contribution is 5.43. The number of hydrogen-bond donors (Lipinski definition) is 0. The fraction of sp³-hybridized carbons (Fsp3) is 0.440. The average molecular weight is 357 g/mol. The number of aryl methyl sites for hydroxylation is 1. The van der Waals surface area contributed by atoms with Gasteiger partial charge in [-0.1, -0.05) is 32.9 Å². The first-order valence-corrected chi connectivity index (χ1v) is 10.1. The largest absolute Gasteiger partial charge is 0.192 e. The second-order valence-corrected chi connectivity index (χ2v) is 8.09. The second kappa shape index (κ2) is 8.41. The molecule has 0 atom stereocenters. The van der Waals surface area contributed by atoms with E-state index in [1.165, 1.54) is 47.9 Å². The molecule has 0 radical (unpaired) electrons. The Labute approximate surface area is 163 Å². The van der Waals surface area contributed by atoms with E-state index in [0.29, 0.717) is 5.92 Å². The minimum Gasteiger partial charge on any atom is -0.192 e. The molecule has 4 rings (SSSR count). The molecule has 138 valence electrons. The maximum Gasteiger partial charge on any atom is 0.0991 e. The molecule has 2 heteroatoms. The van der Waals surface area contributed by atoms with E-state index in [1.807, 2.05) is 18.2 Å². The third kappa shape index (κ3) is 4.99. The number of hydrogen-bond acceptors (Lipinski definition) is 2. The number of nitriles is 2. The first-order valence-electron chi connectivity index (χ1n) is 10.1. The predicted octanol–water partition coefficient (Wildman–Crippen LogP) is 6.56. The molecule has 2 aliphatic carbocycles. The SMILES string of the molecule is CC(C)c1cc(C#N)ccc1C1CC1.CCc1cc(C#N)cc(C2CC2)c1. The molecule has 0 spiro atoms. The van der Waals surface area contributed by atoms with E-state index in [-0.39, 0.29) is 0 Å². The van der Waals surface area contributed by atoms with Crippen molar-refractivity contribution in [2.24, 2.45) is 0 Å². The predicted molar refractivity (Wildman–Crippen MR) is 110 cm³/mol. The normalized spacial score (nSPS) is 15.5. The van der Waals surface area contributed by atoms with Gasteiger partial charge in [-0.25, -0.2) is 0 Å². The van der Waals surface area contributed by atoms with Crippen LogP contribution in [0.4, 0.5) is 0 Å². The van der Waals surface area contributed by atoms with Gasteiger partial charge in [0.2, 0.25) is 0 Å². The van der Waals surface area contributed by atoms with Crippen molar-refractivity contribution in [1.82, 2.24) is 0 Å². The summed E-state index contributed by atoms with van der Waals surface area (Å²) in [4.78, 5) is 0. The zero-order chi connectivity index (χ0) is 19.4. The van der Waals surface area contributed by atoms with Crippen LogP contribution in [0, 0.1) is 22.7 Å². The molecule has 0 unspecified atom stereocenters. The van der Waals surface area contributed by atoms with Crippen molar-refractivity contribution in [3.8, 4) is 12.1 Å². The van der Waals surface area contributed by atoms with Crippen molar-refractivity contribution in [2.45, 2.75) is 70.6 Å². The number of benzene rings is 2. The van der Waals surface area contributed by atoms with Gasteiger partial charge in [-0.05, 0) is 96.4 Å². The van der Waals surface area contributed by atoms with Crippen molar-refractivity contribution in [3.05, 3.63) is 69.8 Å². The van der Waals surface area contributed by atoms with Crippen molar-refractivity contribution in [2.75, 3.05) is 0 Å². The van der Waals surface area contributed by atoms with E-state index in [0.717, 1.165) is 29.4 Å². The lowest BCUT2D eigenvalue weighted by Gasteiger charge is -2.12. The summed E-state index contributed by atoms with van der Waals surface area (Å²) in [5.41, 5.74) is 7.11. The van der Waals surface area contributed by atoms with E-state index in [4.69, 9.17) is 10.5 Å². The van der Waals surface area contributed by atoms with Gasteiger partial charge in [-0.3, -0.25) is 0 Å². The summed E-state index contributed by atoms with van der Waals surface area (Å²) in [5.74, 6) is 2.05. The molecule has 2 aromatic rings. The Bertz CT molecular complexity index is 888. The van der Waals surface area contributed by atoms with Crippen molar-refractivity contribution < 1.29 is 0 Å². The van der Waals surface area contributed by atoms with E-state index < -0.39 is 0 Å². The quantitative estimate of drug-likeness (QED) is 0.623. The molecule has 0 aromatic heterocycles. The highest BCUT2D eigenvalue weighted by Gasteiger charge is 2.26. The van der Waals surface area contributed by atoms with Crippen LogP contribution in [0.2, 0.25) is 0 Å². The summed E-state index contributed by atoms with van der Waals surface area (Å²) in [6.45, 7) is 6.53. The Morgan fingerprint density at radius 2 is 1.56 bits per heavy atom. The van der Waals surface area contributed by atoms with Crippen LogP contribution >= 0.6 is 0 Å². The Morgan fingerprint density at radius 3 is 2.07 bits per heavy atom. The number of nitrogens with zero attached hydrogens (tertiary/aromatic N) is 2. The molecule has 2 fully saturated rings. The van der Waals surface area contributed by atoms with Gasteiger partial charge in [0.05, 0.1) is 23.3 Å². The fourth-order valence-electron chi connectivity index (χ4n) is 3.55. The van der Waals surface area contributed by atoms with Crippen LogP contribution in [0.1, 0.15) is 97.6 Å². The Kier molecular flexibility index (Phi) is 5.98. The van der Waals surface area contributed by atoms with Gasteiger partial charge in [0.1, 0.15) is 0 Å². The van der Waals surface area contributed by atoms with Crippen molar-refractivity contribution in [3.63, 3.8) is 0 Å². The van der Waals surface area contributed by atoms with E-state index in [9.17, 15) is 0 Å². The summed E-state index contributed by atoms with van der Waals surface area (Å²) in [7, 11) is 0. The second-order valence-electron chi connectivity index (χ2n) is 8.09. The summed E-state index contributed by atoms with van der Waals surface area (Å²) in [6, 6.07) is 16.9. The molecular formula is C25H28N2. The molecule has 0 bridgehead atoms. The van der Waals surface area contributed by atoms with E-state index >= 15 is 0 Å². The highest BCUT2D eigenvalue weighted by atomic mass is 14.3. The van der Waals surface area contributed by atoms with Crippen molar-refractivity contribution in [1.29, 1.82) is 10.5 Å². The Morgan fingerprint density at radius 1 is 0.889 bits per heavy atom. The third-order valence-corrected chi connectivity index (χ3v) is 5.46. The molecule has 2 aliphatic rings. The maximum atomic E-state index is 8.84. The summed E-state index contributed by atoms with van der Waals surface area (Å²) >= 11 is 0. The van der Waals surface area contributed by atoms with Crippen LogP contribution in [-0.4, -0.2) is 0 Å². The summed E-state index contributed by atoms with van der Waals surface area (Å²) < 4.78 is 0. The molecule has 0 aliphatic heterocycles. The molecule has 0 N–H and O–H groups in total. The first-order chi connectivity index (χ1) is 13.0. The van der Waals surface area contributed by atoms with Gasteiger partial charge in [-0.15, -0.1) is 0 Å². The highest BCUT2D eigenvalue weighted by Crippen LogP contribution is 2.43. The molecular weight excluding hydrogens is 328 g/mol. The van der Waals surface area contributed by atoms with Crippen LogP contribution in [-0.2, 0) is 6.42 Å². The molecule has 0 saturated heterocycles. The third-order valence-electron chi connectivity index (χ3n) is 5.46. The van der Waals surface area contributed by atoms with Crippen LogP contribution in [0.25, 0.3) is 0 Å². The van der Waals surface area contributed by atoms with Gasteiger partial charge in [0.25, 0.3) is 0 Å². The molecule has 2 saturated carbocycles. The zero-order valence-electron chi connectivity index (χ0n) is 16.6. The molecule has 0 heterocycles. The monoisotopic (exact) mass is 356 g/mol. The minimum absolute atomic E-state index is 0.527. The number of rotatable bonds is 4. The lowest BCUT2D eigenvalue weighted by atomic mass is 9.93. The van der Waals surface area contributed by atoms with Gasteiger partial charge in [0.15, 0.2) is 0 Å². The lowest BCUT2D eigenvalue weighted by molar-refractivity contribution is 0.841. The van der Waals surface area contributed by atoms with Gasteiger partial charge in [-0.2, -0.15) is 10.5 Å². The average Bonchev–Trinajstić information content (AvgIpc) is 3.59. The molecule has 2 aromatic carbocycles. The fourth-order valence-corrected chi connectivity index (χ4v) is 3.55. The van der Waals surface area contributed by atoms with Gasteiger partial charge in [0, 0.05) is 0 Å². The van der Waals surface area contributed by atoms with Crippen LogP contribution < -0.4 is 0 Å². The van der Waals surface area contributed by atoms with Crippen LogP contribution in [0.3, 0.4) is 0 Å². The van der Waals surface area contributed by atoms with E-state index in [1.54, 1.807) is 0 Å². The Hall–Kier alpha value is -2.58.